The third kappa shape index (κ3) is 22.2. The van der Waals surface area contributed by atoms with E-state index in [4.69, 9.17) is 0 Å². The molecular weight excluding hydrogens is 316 g/mol. The van der Waals surface area contributed by atoms with Crippen molar-refractivity contribution in [2.75, 3.05) is 0 Å². The van der Waals surface area contributed by atoms with Crippen molar-refractivity contribution in [3.63, 3.8) is 0 Å². The third-order valence-corrected chi connectivity index (χ3v) is 7.01. The van der Waals surface area contributed by atoms with Gasteiger partial charge in [-0.2, -0.15) is 0 Å². The molecule has 0 N–H and O–H groups in total. The van der Waals surface area contributed by atoms with Crippen molar-refractivity contribution in [1.29, 1.82) is 0 Å². The van der Waals surface area contributed by atoms with E-state index in [1.807, 2.05) is 0 Å². The van der Waals surface area contributed by atoms with E-state index in [1.54, 1.807) is 0 Å². The van der Waals surface area contributed by atoms with Crippen LogP contribution in [0.3, 0.4) is 0 Å². The first-order chi connectivity index (χ1) is 12.3. The molecule has 0 rings (SSSR count). The van der Waals surface area contributed by atoms with Gasteiger partial charge in [0.25, 0.3) is 0 Å². The summed E-state index contributed by atoms with van der Waals surface area (Å²) in [5, 5.41) is 0. The molecule has 0 amide bonds. The van der Waals surface area contributed by atoms with Crippen molar-refractivity contribution in [3.05, 3.63) is 0 Å². The van der Waals surface area contributed by atoms with E-state index in [9.17, 15) is 0 Å². The van der Waals surface area contributed by atoms with Crippen LogP contribution in [-0.4, -0.2) is 10.2 Å². The smallest absolute Gasteiger partial charge is 0.00672 e. The van der Waals surface area contributed by atoms with Crippen LogP contribution in [0.1, 0.15) is 149 Å². The van der Waals surface area contributed by atoms with Crippen molar-refractivity contribution in [2.24, 2.45) is 0 Å². The SMILES string of the molecule is CCCCCCCCCCCCCCCCC([SiH3])CCCCCCC. The van der Waals surface area contributed by atoms with E-state index < -0.39 is 0 Å². The molecule has 0 aromatic rings. The van der Waals surface area contributed by atoms with E-state index in [1.165, 1.54) is 145 Å². The lowest BCUT2D eigenvalue weighted by molar-refractivity contribution is 0.520. The standard InChI is InChI=1S/C24H52Si/c1-3-5-7-9-10-11-12-13-14-15-16-17-19-21-23-24(25)22-20-18-8-6-4-2/h24H,3-23H2,1-2,25H3. The Morgan fingerprint density at radius 3 is 0.920 bits per heavy atom. The highest BCUT2D eigenvalue weighted by molar-refractivity contribution is 6.11. The fraction of sp³-hybridized carbons (Fsp3) is 1.00. The molecular formula is C24H52Si. The molecule has 0 fully saturated rings. The zero-order valence-electron chi connectivity index (χ0n) is 18.4. The second-order valence-electron chi connectivity index (χ2n) is 8.69. The minimum atomic E-state index is 1.11. The summed E-state index contributed by atoms with van der Waals surface area (Å²) < 4.78 is 0. The van der Waals surface area contributed by atoms with Crippen molar-refractivity contribution in [3.8, 4) is 0 Å². The molecule has 152 valence electrons. The van der Waals surface area contributed by atoms with Crippen LogP contribution >= 0.6 is 0 Å². The lowest BCUT2D eigenvalue weighted by atomic mass is 10.0. The Hall–Kier alpha value is 0.217. The van der Waals surface area contributed by atoms with Crippen LogP contribution in [0.4, 0.5) is 0 Å². The van der Waals surface area contributed by atoms with Crippen LogP contribution in [0.25, 0.3) is 0 Å². The van der Waals surface area contributed by atoms with E-state index >= 15 is 0 Å². The summed E-state index contributed by atoms with van der Waals surface area (Å²) in [5.74, 6) is 0. The predicted octanol–water partition coefficient (Wildman–Crippen LogP) is 8.37. The largest absolute Gasteiger partial charge is 0.0654 e. The van der Waals surface area contributed by atoms with Crippen LogP contribution in [0.5, 0.6) is 0 Å². The van der Waals surface area contributed by atoms with Gasteiger partial charge in [-0.1, -0.05) is 154 Å². The second kappa shape index (κ2) is 22.3. The van der Waals surface area contributed by atoms with Gasteiger partial charge < -0.3 is 0 Å². The predicted molar refractivity (Wildman–Crippen MR) is 122 cm³/mol. The Labute approximate surface area is 164 Å². The second-order valence-corrected chi connectivity index (χ2v) is 10.3. The first-order valence-electron chi connectivity index (χ1n) is 12.3. The molecule has 0 aromatic heterocycles. The van der Waals surface area contributed by atoms with Crippen LogP contribution in [0.15, 0.2) is 0 Å². The number of hydrogen-bond donors (Lipinski definition) is 0. The van der Waals surface area contributed by atoms with Crippen molar-refractivity contribution >= 4 is 10.2 Å². The highest BCUT2D eigenvalue weighted by Gasteiger charge is 2.02. The zero-order valence-corrected chi connectivity index (χ0v) is 20.4. The first-order valence-corrected chi connectivity index (χ1v) is 13.5. The lowest BCUT2D eigenvalue weighted by Crippen LogP contribution is -1.93. The van der Waals surface area contributed by atoms with Crippen molar-refractivity contribution in [2.45, 2.75) is 154 Å². The summed E-state index contributed by atoms with van der Waals surface area (Å²) in [6, 6.07) is 0. The highest BCUT2D eigenvalue weighted by atomic mass is 28.1. The summed E-state index contributed by atoms with van der Waals surface area (Å²) in [4.78, 5) is 0. The van der Waals surface area contributed by atoms with Gasteiger partial charge in [0.05, 0.1) is 0 Å². The molecule has 0 aromatic carbocycles. The van der Waals surface area contributed by atoms with Gasteiger partial charge in [0, 0.05) is 10.2 Å². The summed E-state index contributed by atoms with van der Waals surface area (Å²) in [7, 11) is 1.43. The molecule has 0 bridgehead atoms. The minimum absolute atomic E-state index is 1.11. The van der Waals surface area contributed by atoms with E-state index in [0.29, 0.717) is 0 Å². The van der Waals surface area contributed by atoms with Crippen LogP contribution < -0.4 is 0 Å². The van der Waals surface area contributed by atoms with Crippen molar-refractivity contribution < 1.29 is 0 Å². The van der Waals surface area contributed by atoms with Gasteiger partial charge in [0.2, 0.25) is 0 Å². The molecule has 0 spiro atoms. The maximum Gasteiger partial charge on any atom is 0.00672 e. The van der Waals surface area contributed by atoms with E-state index in [2.05, 4.69) is 13.8 Å². The summed E-state index contributed by atoms with van der Waals surface area (Å²) in [5.41, 5.74) is 1.11. The van der Waals surface area contributed by atoms with Gasteiger partial charge in [-0.15, -0.1) is 0 Å². The van der Waals surface area contributed by atoms with Gasteiger partial charge in [-0.05, 0) is 0 Å². The van der Waals surface area contributed by atoms with Crippen molar-refractivity contribution in [1.82, 2.24) is 0 Å². The maximum atomic E-state index is 2.31. The average Bonchev–Trinajstić information content (AvgIpc) is 2.62. The molecule has 0 nitrogen and oxygen atoms in total. The van der Waals surface area contributed by atoms with Gasteiger partial charge >= 0.3 is 0 Å². The lowest BCUT2D eigenvalue weighted by Gasteiger charge is -2.11. The molecule has 0 radical (unpaired) electrons. The molecule has 0 saturated heterocycles. The molecule has 0 saturated carbocycles. The topological polar surface area (TPSA) is 0 Å². The Morgan fingerprint density at radius 1 is 0.400 bits per heavy atom. The third-order valence-electron chi connectivity index (χ3n) is 5.85. The van der Waals surface area contributed by atoms with Crippen LogP contribution in [-0.2, 0) is 0 Å². The molecule has 0 aliphatic carbocycles. The Morgan fingerprint density at radius 2 is 0.640 bits per heavy atom. The average molecular weight is 369 g/mol. The molecule has 1 heteroatoms. The van der Waals surface area contributed by atoms with Gasteiger partial charge in [0.15, 0.2) is 0 Å². The molecule has 0 aliphatic rings. The molecule has 1 atom stereocenters. The number of hydrogen-bond acceptors (Lipinski definition) is 0. The Bertz CT molecular complexity index is 226. The molecule has 0 heterocycles. The molecule has 1 unspecified atom stereocenters. The molecule has 25 heavy (non-hydrogen) atoms. The zero-order chi connectivity index (χ0) is 18.4. The van der Waals surface area contributed by atoms with Gasteiger partial charge in [-0.25, -0.2) is 0 Å². The molecule has 0 aliphatic heterocycles. The van der Waals surface area contributed by atoms with Crippen LogP contribution in [0.2, 0.25) is 5.54 Å². The quantitative estimate of drug-likeness (QED) is 0.141. The summed E-state index contributed by atoms with van der Waals surface area (Å²) >= 11 is 0. The Kier molecular flexibility index (Phi) is 22.5. The van der Waals surface area contributed by atoms with E-state index in [-0.39, 0.29) is 0 Å². The minimum Gasteiger partial charge on any atom is -0.0654 e. The fourth-order valence-electron chi connectivity index (χ4n) is 3.93. The number of rotatable bonds is 21. The fourth-order valence-corrected chi connectivity index (χ4v) is 4.74. The summed E-state index contributed by atoms with van der Waals surface area (Å²) in [6.45, 7) is 4.61. The monoisotopic (exact) mass is 368 g/mol. The van der Waals surface area contributed by atoms with E-state index in [0.717, 1.165) is 5.54 Å². The normalized spacial score (nSPS) is 12.7. The van der Waals surface area contributed by atoms with Gasteiger partial charge in [0.1, 0.15) is 0 Å². The van der Waals surface area contributed by atoms with Gasteiger partial charge in [-0.3, -0.25) is 0 Å². The Balaban J connectivity index is 3.08. The highest BCUT2D eigenvalue weighted by Crippen LogP contribution is 2.21. The van der Waals surface area contributed by atoms with Crippen LogP contribution in [0, 0.1) is 0 Å². The number of unbranched alkanes of at least 4 members (excludes halogenated alkanes) is 17. The summed E-state index contributed by atoms with van der Waals surface area (Å²) in [6.07, 6.45) is 31.1. The maximum absolute atomic E-state index is 2.31. The first kappa shape index (κ1) is 25.2.